The van der Waals surface area contributed by atoms with Crippen molar-refractivity contribution in [1.82, 2.24) is 4.98 Å². The highest BCUT2D eigenvalue weighted by molar-refractivity contribution is 6.00. The molecule has 3 heteroatoms. The van der Waals surface area contributed by atoms with E-state index in [0.717, 1.165) is 5.56 Å². The van der Waals surface area contributed by atoms with Crippen LogP contribution in [0, 0.1) is 0 Å². The Balaban J connectivity index is 2.29. The molecule has 0 fully saturated rings. The number of pyridine rings is 1. The molecule has 0 bridgehead atoms. The molecule has 86 valence electrons. The third-order valence-electron chi connectivity index (χ3n) is 2.70. The molecule has 1 aromatic heterocycles. The summed E-state index contributed by atoms with van der Waals surface area (Å²) < 4.78 is 0. The monoisotopic (exact) mass is 226 g/mol. The van der Waals surface area contributed by atoms with Gasteiger partial charge < -0.3 is 5.73 Å². The number of rotatable bonds is 4. The summed E-state index contributed by atoms with van der Waals surface area (Å²) in [4.78, 5) is 16.2. The van der Waals surface area contributed by atoms with Crippen LogP contribution in [0.2, 0.25) is 0 Å². The number of aromatic nitrogens is 1. The fourth-order valence-electron chi connectivity index (χ4n) is 1.79. The molecule has 0 saturated carbocycles. The van der Waals surface area contributed by atoms with Gasteiger partial charge in [0.05, 0.1) is 5.92 Å². The first kappa shape index (κ1) is 11.5. The average molecular weight is 226 g/mol. The quantitative estimate of drug-likeness (QED) is 0.811. The number of nitrogens with two attached hydrogens (primary N) is 1. The predicted molar refractivity (Wildman–Crippen MR) is 66.8 cm³/mol. The van der Waals surface area contributed by atoms with E-state index in [1.165, 1.54) is 0 Å². The molecule has 2 rings (SSSR count). The summed E-state index contributed by atoms with van der Waals surface area (Å²) in [5, 5.41) is 0. The molecule has 1 aromatic carbocycles. The van der Waals surface area contributed by atoms with Crippen molar-refractivity contribution in [2.45, 2.75) is 5.92 Å². The van der Waals surface area contributed by atoms with E-state index in [1.807, 2.05) is 30.3 Å². The fraction of sp³-hybridized carbons (Fsp3) is 0.143. The summed E-state index contributed by atoms with van der Waals surface area (Å²) in [6.07, 6.45) is 3.23. The van der Waals surface area contributed by atoms with Crippen molar-refractivity contribution in [2.24, 2.45) is 5.73 Å². The maximum Gasteiger partial charge on any atom is 0.173 e. The van der Waals surface area contributed by atoms with Gasteiger partial charge in [-0.25, -0.2) is 0 Å². The van der Waals surface area contributed by atoms with Gasteiger partial charge in [0, 0.05) is 24.5 Å². The Kier molecular flexibility index (Phi) is 3.62. The molecule has 0 aliphatic rings. The van der Waals surface area contributed by atoms with E-state index in [9.17, 15) is 4.79 Å². The lowest BCUT2D eigenvalue weighted by atomic mass is 9.91. The van der Waals surface area contributed by atoms with Crippen molar-refractivity contribution in [2.75, 3.05) is 6.54 Å². The highest BCUT2D eigenvalue weighted by Crippen LogP contribution is 2.19. The van der Waals surface area contributed by atoms with Crippen LogP contribution >= 0.6 is 0 Å². The zero-order valence-corrected chi connectivity index (χ0v) is 9.41. The second kappa shape index (κ2) is 5.37. The minimum absolute atomic E-state index is 0.0202. The standard InChI is InChI=1S/C14H14N2O/c15-9-13(11-5-2-1-3-6-11)14(17)12-7-4-8-16-10-12/h1-8,10,13H,9,15H2. The summed E-state index contributed by atoms with van der Waals surface area (Å²) in [6, 6.07) is 13.1. The SMILES string of the molecule is NCC(C(=O)c1cccnc1)c1ccccc1. The van der Waals surface area contributed by atoms with Gasteiger partial charge in [-0.05, 0) is 17.7 Å². The van der Waals surface area contributed by atoms with Crippen LogP contribution in [0.4, 0.5) is 0 Å². The summed E-state index contributed by atoms with van der Waals surface area (Å²) in [5.74, 6) is -0.271. The molecule has 0 amide bonds. The Morgan fingerprint density at radius 2 is 1.94 bits per heavy atom. The second-order valence-electron chi connectivity index (χ2n) is 3.80. The first-order valence-corrected chi connectivity index (χ1v) is 5.52. The van der Waals surface area contributed by atoms with Crippen LogP contribution in [0.3, 0.4) is 0 Å². The van der Waals surface area contributed by atoms with Gasteiger partial charge in [-0.1, -0.05) is 30.3 Å². The number of nitrogens with zero attached hydrogens (tertiary/aromatic N) is 1. The highest BCUT2D eigenvalue weighted by Gasteiger charge is 2.20. The number of hydrogen-bond donors (Lipinski definition) is 1. The van der Waals surface area contributed by atoms with Crippen LogP contribution in [-0.2, 0) is 0 Å². The van der Waals surface area contributed by atoms with E-state index in [-0.39, 0.29) is 11.7 Å². The van der Waals surface area contributed by atoms with Gasteiger partial charge in [-0.15, -0.1) is 0 Å². The fourth-order valence-corrected chi connectivity index (χ4v) is 1.79. The Morgan fingerprint density at radius 3 is 2.53 bits per heavy atom. The van der Waals surface area contributed by atoms with E-state index < -0.39 is 0 Å². The maximum absolute atomic E-state index is 12.3. The topological polar surface area (TPSA) is 56.0 Å². The lowest BCUT2D eigenvalue weighted by Gasteiger charge is -2.13. The zero-order chi connectivity index (χ0) is 12.1. The Bertz CT molecular complexity index is 482. The first-order valence-electron chi connectivity index (χ1n) is 5.52. The van der Waals surface area contributed by atoms with Crippen LogP contribution in [0.15, 0.2) is 54.9 Å². The third kappa shape index (κ3) is 2.57. The van der Waals surface area contributed by atoms with Gasteiger partial charge in [0.25, 0.3) is 0 Å². The van der Waals surface area contributed by atoms with Crippen molar-refractivity contribution in [3.8, 4) is 0 Å². The summed E-state index contributed by atoms with van der Waals surface area (Å²) in [7, 11) is 0. The molecular formula is C14H14N2O. The highest BCUT2D eigenvalue weighted by atomic mass is 16.1. The van der Waals surface area contributed by atoms with Crippen molar-refractivity contribution in [3.63, 3.8) is 0 Å². The number of ketones is 1. The molecule has 1 heterocycles. The Morgan fingerprint density at radius 1 is 1.18 bits per heavy atom. The minimum Gasteiger partial charge on any atom is -0.329 e. The van der Waals surface area contributed by atoms with Crippen molar-refractivity contribution in [1.29, 1.82) is 0 Å². The molecule has 1 atom stereocenters. The van der Waals surface area contributed by atoms with Gasteiger partial charge in [-0.2, -0.15) is 0 Å². The smallest absolute Gasteiger partial charge is 0.173 e. The van der Waals surface area contributed by atoms with Gasteiger partial charge in [-0.3, -0.25) is 9.78 Å². The predicted octanol–water partition coefficient (Wildman–Crippen LogP) is 2.01. The summed E-state index contributed by atoms with van der Waals surface area (Å²) in [5.41, 5.74) is 7.25. The minimum atomic E-state index is -0.291. The van der Waals surface area contributed by atoms with Gasteiger partial charge in [0.15, 0.2) is 5.78 Å². The lowest BCUT2D eigenvalue weighted by molar-refractivity contribution is 0.0962. The molecule has 0 saturated heterocycles. The molecule has 2 N–H and O–H groups in total. The van der Waals surface area contributed by atoms with E-state index in [1.54, 1.807) is 24.5 Å². The van der Waals surface area contributed by atoms with Gasteiger partial charge in [0.2, 0.25) is 0 Å². The molecule has 1 unspecified atom stereocenters. The number of carbonyl (C=O) groups is 1. The molecule has 0 radical (unpaired) electrons. The zero-order valence-electron chi connectivity index (χ0n) is 9.41. The van der Waals surface area contributed by atoms with E-state index in [2.05, 4.69) is 4.98 Å². The Labute approximate surface area is 100 Å². The van der Waals surface area contributed by atoms with Gasteiger partial charge in [0.1, 0.15) is 0 Å². The van der Waals surface area contributed by atoms with Crippen LogP contribution in [0.5, 0.6) is 0 Å². The molecule has 2 aromatic rings. The maximum atomic E-state index is 12.3. The molecule has 17 heavy (non-hydrogen) atoms. The number of carbonyl (C=O) groups excluding carboxylic acids is 1. The molecule has 0 spiro atoms. The summed E-state index contributed by atoms with van der Waals surface area (Å²) in [6.45, 7) is 0.303. The van der Waals surface area contributed by atoms with Crippen molar-refractivity contribution in [3.05, 3.63) is 66.0 Å². The second-order valence-corrected chi connectivity index (χ2v) is 3.80. The number of Topliss-reactive ketones (excluding diaryl/α,β-unsaturated/α-hetero) is 1. The average Bonchev–Trinajstić information content (AvgIpc) is 2.42. The van der Waals surface area contributed by atoms with Crippen LogP contribution in [0.25, 0.3) is 0 Å². The molecular weight excluding hydrogens is 212 g/mol. The van der Waals surface area contributed by atoms with Crippen LogP contribution in [-0.4, -0.2) is 17.3 Å². The number of benzene rings is 1. The molecule has 3 nitrogen and oxygen atoms in total. The first-order chi connectivity index (χ1) is 8.33. The van der Waals surface area contributed by atoms with E-state index in [0.29, 0.717) is 12.1 Å². The van der Waals surface area contributed by atoms with Crippen molar-refractivity contribution < 1.29 is 4.79 Å². The van der Waals surface area contributed by atoms with E-state index >= 15 is 0 Å². The van der Waals surface area contributed by atoms with E-state index in [4.69, 9.17) is 5.73 Å². The third-order valence-corrected chi connectivity index (χ3v) is 2.70. The Hall–Kier alpha value is -2.00. The van der Waals surface area contributed by atoms with Crippen LogP contribution in [0.1, 0.15) is 21.8 Å². The molecule has 0 aliphatic carbocycles. The van der Waals surface area contributed by atoms with Crippen LogP contribution < -0.4 is 5.73 Å². The van der Waals surface area contributed by atoms with Gasteiger partial charge >= 0.3 is 0 Å². The summed E-state index contributed by atoms with van der Waals surface area (Å²) >= 11 is 0. The number of hydrogen-bond acceptors (Lipinski definition) is 3. The molecule has 0 aliphatic heterocycles. The van der Waals surface area contributed by atoms with Crippen molar-refractivity contribution >= 4 is 5.78 Å². The lowest BCUT2D eigenvalue weighted by Crippen LogP contribution is -2.21. The normalized spacial score (nSPS) is 12.1. The largest absolute Gasteiger partial charge is 0.329 e.